The number of aromatic nitrogens is 2. The minimum Gasteiger partial charge on any atom is -0.504 e. The van der Waals surface area contributed by atoms with Crippen molar-refractivity contribution < 1.29 is 14.6 Å². The number of nitrogens with one attached hydrogen (secondary N) is 1. The van der Waals surface area contributed by atoms with Gasteiger partial charge in [-0.05, 0) is 36.2 Å². The second-order valence-corrected chi connectivity index (χ2v) is 7.85. The third kappa shape index (κ3) is 4.31. The van der Waals surface area contributed by atoms with Gasteiger partial charge in [-0.25, -0.2) is 9.97 Å². The first-order valence-corrected chi connectivity index (χ1v) is 10.2. The number of phenols is 1. The van der Waals surface area contributed by atoms with Crippen LogP contribution in [-0.4, -0.2) is 59.6 Å². The van der Waals surface area contributed by atoms with E-state index in [0.717, 1.165) is 48.6 Å². The van der Waals surface area contributed by atoms with E-state index in [4.69, 9.17) is 9.47 Å². The number of nitrogens with zero attached hydrogens (tertiary/aromatic N) is 4. The lowest BCUT2D eigenvalue weighted by Crippen LogP contribution is -2.35. The molecule has 2 N–H and O–H groups in total. The van der Waals surface area contributed by atoms with Crippen molar-refractivity contribution in [3.8, 4) is 11.5 Å². The fourth-order valence-corrected chi connectivity index (χ4v) is 4.46. The van der Waals surface area contributed by atoms with E-state index in [1.54, 1.807) is 36.0 Å². The van der Waals surface area contributed by atoms with Gasteiger partial charge in [-0.2, -0.15) is 5.10 Å². The second kappa shape index (κ2) is 8.73. The zero-order chi connectivity index (χ0) is 20.2. The van der Waals surface area contributed by atoms with Crippen molar-refractivity contribution in [2.45, 2.75) is 13.5 Å². The maximum absolute atomic E-state index is 9.88. The van der Waals surface area contributed by atoms with Crippen LogP contribution in [0, 0.1) is 6.92 Å². The number of benzene rings is 1. The maximum atomic E-state index is 9.88. The van der Waals surface area contributed by atoms with E-state index in [1.807, 2.05) is 6.07 Å². The summed E-state index contributed by atoms with van der Waals surface area (Å²) in [6.45, 7) is 6.46. The number of anilines is 1. The Morgan fingerprint density at radius 2 is 2.17 bits per heavy atom. The molecule has 1 aliphatic rings. The third-order valence-electron chi connectivity index (χ3n) is 4.86. The first-order chi connectivity index (χ1) is 14.2. The average Bonchev–Trinajstić information content (AvgIpc) is 3.05. The lowest BCUT2D eigenvalue weighted by Gasteiger charge is -2.26. The molecule has 1 aliphatic heterocycles. The Kier molecular flexibility index (Phi) is 5.89. The molecule has 0 amide bonds. The van der Waals surface area contributed by atoms with Crippen LogP contribution in [0.3, 0.4) is 0 Å². The number of ether oxygens (including phenoxy) is 2. The third-order valence-corrected chi connectivity index (χ3v) is 6.13. The van der Waals surface area contributed by atoms with Crippen LogP contribution in [0.4, 0.5) is 5.82 Å². The van der Waals surface area contributed by atoms with Crippen LogP contribution in [0.15, 0.2) is 29.6 Å². The molecule has 1 fully saturated rings. The molecule has 3 heterocycles. The van der Waals surface area contributed by atoms with Crippen molar-refractivity contribution in [1.82, 2.24) is 14.9 Å². The molecule has 0 aliphatic carbocycles. The first-order valence-electron chi connectivity index (χ1n) is 9.35. The fourth-order valence-electron chi connectivity index (χ4n) is 3.22. The summed E-state index contributed by atoms with van der Waals surface area (Å²) in [5.41, 5.74) is 5.90. The molecule has 0 unspecified atom stereocenters. The van der Waals surface area contributed by atoms with Gasteiger partial charge in [0, 0.05) is 24.5 Å². The molecule has 1 saturated heterocycles. The Balaban J connectivity index is 1.53. The van der Waals surface area contributed by atoms with E-state index in [-0.39, 0.29) is 5.75 Å². The number of aromatic hydroxyl groups is 1. The molecule has 0 radical (unpaired) electrons. The van der Waals surface area contributed by atoms with Gasteiger partial charge in [0.1, 0.15) is 6.33 Å². The monoisotopic (exact) mass is 413 g/mol. The highest BCUT2D eigenvalue weighted by Crippen LogP contribution is 2.34. The summed E-state index contributed by atoms with van der Waals surface area (Å²) in [6.07, 6.45) is 3.18. The van der Waals surface area contributed by atoms with Crippen LogP contribution < -0.4 is 10.2 Å². The van der Waals surface area contributed by atoms with Crippen molar-refractivity contribution >= 4 is 33.6 Å². The quantitative estimate of drug-likeness (QED) is 0.474. The van der Waals surface area contributed by atoms with E-state index < -0.39 is 0 Å². The van der Waals surface area contributed by atoms with Gasteiger partial charge < -0.3 is 14.6 Å². The van der Waals surface area contributed by atoms with Gasteiger partial charge >= 0.3 is 0 Å². The van der Waals surface area contributed by atoms with Crippen LogP contribution in [0.5, 0.6) is 11.5 Å². The average molecular weight is 414 g/mol. The lowest BCUT2D eigenvalue weighted by molar-refractivity contribution is 0.0346. The van der Waals surface area contributed by atoms with Crippen LogP contribution in [0.1, 0.15) is 16.0 Å². The van der Waals surface area contributed by atoms with Gasteiger partial charge in [-0.15, -0.1) is 11.3 Å². The zero-order valence-corrected chi connectivity index (χ0v) is 17.2. The van der Waals surface area contributed by atoms with E-state index >= 15 is 0 Å². The van der Waals surface area contributed by atoms with Gasteiger partial charge in [0.2, 0.25) is 0 Å². The van der Waals surface area contributed by atoms with Crippen molar-refractivity contribution in [2.75, 3.05) is 38.8 Å². The molecule has 1 aromatic carbocycles. The number of rotatable bonds is 6. The molecule has 4 rings (SSSR count). The summed E-state index contributed by atoms with van der Waals surface area (Å²) in [7, 11) is 1.51. The van der Waals surface area contributed by atoms with Gasteiger partial charge in [-0.3, -0.25) is 10.3 Å². The largest absolute Gasteiger partial charge is 0.504 e. The Hall–Kier alpha value is -2.75. The molecule has 2 aromatic heterocycles. The van der Waals surface area contributed by atoms with Crippen LogP contribution >= 0.6 is 11.3 Å². The maximum Gasteiger partial charge on any atom is 0.167 e. The summed E-state index contributed by atoms with van der Waals surface area (Å²) in [4.78, 5) is 12.5. The number of morpholine rings is 1. The van der Waals surface area contributed by atoms with Gasteiger partial charge in [-0.1, -0.05) is 0 Å². The molecule has 29 heavy (non-hydrogen) atoms. The summed E-state index contributed by atoms with van der Waals surface area (Å²) in [6, 6.07) is 5.10. The number of hydrogen-bond acceptors (Lipinski definition) is 9. The summed E-state index contributed by atoms with van der Waals surface area (Å²) >= 11 is 1.70. The van der Waals surface area contributed by atoms with Crippen molar-refractivity contribution in [1.29, 1.82) is 0 Å². The number of fused-ring (bicyclic) bond motifs is 1. The Morgan fingerprint density at radius 1 is 1.34 bits per heavy atom. The van der Waals surface area contributed by atoms with E-state index in [9.17, 15) is 5.11 Å². The molecule has 152 valence electrons. The standard InChI is InChI=1S/C20H23N5O3S/c1-13-17(11-25-5-7-28-8-6-25)29-19-18(13)21-12-22-20(19)24-23-10-14-3-4-16(27-2)15(26)9-14/h3-4,9-10,12,26H,5-8,11H2,1-2H3,(H,21,22,24). The summed E-state index contributed by atoms with van der Waals surface area (Å²) in [5.74, 6) is 1.17. The van der Waals surface area contributed by atoms with Gasteiger partial charge in [0.25, 0.3) is 0 Å². The van der Waals surface area contributed by atoms with Gasteiger partial charge in [0.15, 0.2) is 17.3 Å². The predicted octanol–water partition coefficient (Wildman–Crippen LogP) is 2.99. The number of methoxy groups -OCH3 is 1. The Bertz CT molecular complexity index is 1030. The fraction of sp³-hybridized carbons (Fsp3) is 0.350. The Morgan fingerprint density at radius 3 is 2.93 bits per heavy atom. The van der Waals surface area contributed by atoms with Crippen molar-refractivity contribution in [3.05, 3.63) is 40.5 Å². The molecule has 0 atom stereocenters. The topological polar surface area (TPSA) is 92.1 Å². The van der Waals surface area contributed by atoms with E-state index in [0.29, 0.717) is 11.6 Å². The SMILES string of the molecule is COc1ccc(C=NNc2ncnc3c(C)c(CN4CCOCC4)sc23)cc1O. The Labute approximate surface area is 172 Å². The number of aryl methyl sites for hydroxylation is 1. The van der Waals surface area contributed by atoms with Crippen LogP contribution in [0.2, 0.25) is 0 Å². The highest BCUT2D eigenvalue weighted by Gasteiger charge is 2.17. The number of hydrogen-bond donors (Lipinski definition) is 2. The number of phenolic OH excluding ortho intramolecular Hbond substituents is 1. The number of hydrazone groups is 1. The minimum atomic E-state index is 0.0718. The van der Waals surface area contributed by atoms with Gasteiger partial charge in [0.05, 0.1) is 36.8 Å². The van der Waals surface area contributed by atoms with Crippen LogP contribution in [0.25, 0.3) is 10.2 Å². The smallest absolute Gasteiger partial charge is 0.167 e. The van der Waals surface area contributed by atoms with Crippen LogP contribution in [-0.2, 0) is 11.3 Å². The summed E-state index contributed by atoms with van der Waals surface area (Å²) in [5, 5.41) is 14.2. The first kappa shape index (κ1) is 19.6. The van der Waals surface area contributed by atoms with Crippen molar-refractivity contribution in [3.63, 3.8) is 0 Å². The normalized spacial score (nSPS) is 15.2. The van der Waals surface area contributed by atoms with Crippen molar-refractivity contribution in [2.24, 2.45) is 5.10 Å². The zero-order valence-electron chi connectivity index (χ0n) is 16.4. The second-order valence-electron chi connectivity index (χ2n) is 6.74. The summed E-state index contributed by atoms with van der Waals surface area (Å²) < 4.78 is 11.5. The molecule has 8 nitrogen and oxygen atoms in total. The molecule has 3 aromatic rings. The predicted molar refractivity (Wildman–Crippen MR) is 114 cm³/mol. The molecular formula is C20H23N5O3S. The van der Waals surface area contributed by atoms with E-state index in [1.165, 1.54) is 17.6 Å². The highest BCUT2D eigenvalue weighted by molar-refractivity contribution is 7.19. The molecular weight excluding hydrogens is 390 g/mol. The number of thiophene rings is 1. The molecule has 0 spiro atoms. The lowest BCUT2D eigenvalue weighted by atomic mass is 10.2. The minimum absolute atomic E-state index is 0.0718. The highest BCUT2D eigenvalue weighted by atomic mass is 32.1. The molecule has 9 heteroatoms. The molecule has 0 bridgehead atoms. The molecule has 0 saturated carbocycles. The van der Waals surface area contributed by atoms with E-state index in [2.05, 4.69) is 32.3 Å².